The molecule has 0 spiro atoms. The molecule has 4 heterocycles. The summed E-state index contributed by atoms with van der Waals surface area (Å²) in [4.78, 5) is 25.2. The number of rotatable bonds is 5. The van der Waals surface area contributed by atoms with Crippen LogP contribution in [-0.4, -0.2) is 77.8 Å². The lowest BCUT2D eigenvalue weighted by Crippen LogP contribution is -2.53. The van der Waals surface area contributed by atoms with E-state index in [0.717, 1.165) is 62.7 Å². The molecule has 9 heteroatoms. The Morgan fingerprint density at radius 3 is 2.66 bits per heavy atom. The minimum atomic E-state index is -0.568. The highest BCUT2D eigenvalue weighted by Gasteiger charge is 2.49. The fraction of sp³-hybridized carbons (Fsp3) is 0.421. The number of aliphatic hydroxyl groups is 1. The maximum Gasteiger partial charge on any atom is 0.311 e. The zero-order valence-corrected chi connectivity index (χ0v) is 27.2. The first kappa shape index (κ1) is 31.3. The smallest absolute Gasteiger partial charge is 0.311 e. The lowest BCUT2D eigenvalue weighted by atomic mass is 9.65. The molecule has 0 unspecified atom stereocenters. The summed E-state index contributed by atoms with van der Waals surface area (Å²) in [5.41, 5.74) is 7.23. The van der Waals surface area contributed by atoms with Crippen LogP contribution in [0.3, 0.4) is 0 Å². The van der Waals surface area contributed by atoms with Crippen LogP contribution in [0, 0.1) is 24.7 Å². The Labute approximate surface area is 276 Å². The summed E-state index contributed by atoms with van der Waals surface area (Å²) in [6, 6.07) is 24.5. The molecule has 4 N–H and O–H groups in total. The Balaban J connectivity index is 0.000000153. The van der Waals surface area contributed by atoms with Gasteiger partial charge in [-0.3, -0.25) is 14.7 Å². The quantitative estimate of drug-likeness (QED) is 0.215. The van der Waals surface area contributed by atoms with E-state index in [0.29, 0.717) is 24.9 Å². The number of H-pyrrole nitrogens is 1. The van der Waals surface area contributed by atoms with Crippen molar-refractivity contribution in [3.63, 3.8) is 0 Å². The predicted octanol–water partition coefficient (Wildman–Crippen LogP) is 5.49. The van der Waals surface area contributed by atoms with Crippen molar-refractivity contribution in [3.8, 4) is 5.75 Å². The molecule has 0 bridgehead atoms. The van der Waals surface area contributed by atoms with Gasteiger partial charge in [0.25, 0.3) is 0 Å². The molecule has 5 atom stereocenters. The molecule has 0 radical (unpaired) electrons. The number of benzene rings is 3. The Hall–Kier alpha value is -4.34. The number of phenols is 1. The minimum Gasteiger partial charge on any atom is -0.508 e. The van der Waals surface area contributed by atoms with Crippen LogP contribution in [0.5, 0.6) is 5.75 Å². The third-order valence-electron chi connectivity index (χ3n) is 10.6. The molecule has 1 saturated heterocycles. The van der Waals surface area contributed by atoms with Crippen molar-refractivity contribution < 1.29 is 19.7 Å². The lowest BCUT2D eigenvalue weighted by molar-refractivity contribution is -0.160. The van der Waals surface area contributed by atoms with Crippen molar-refractivity contribution >= 4 is 34.1 Å². The van der Waals surface area contributed by atoms with Crippen molar-refractivity contribution in [2.45, 2.75) is 44.8 Å². The number of anilines is 2. The molecule has 4 aromatic rings. The number of hydrogen-bond acceptors (Lipinski definition) is 8. The molecule has 1 saturated carbocycles. The fourth-order valence-electron chi connectivity index (χ4n) is 8.22. The van der Waals surface area contributed by atoms with Crippen LogP contribution in [0.1, 0.15) is 42.1 Å². The van der Waals surface area contributed by atoms with Gasteiger partial charge in [0, 0.05) is 53.7 Å². The largest absolute Gasteiger partial charge is 0.508 e. The van der Waals surface area contributed by atoms with Gasteiger partial charge in [-0.2, -0.15) is 0 Å². The number of aromatic nitrogens is 1. The molecule has 3 aromatic carbocycles. The van der Waals surface area contributed by atoms with E-state index in [4.69, 9.17) is 4.74 Å². The van der Waals surface area contributed by atoms with Crippen molar-refractivity contribution in [2.24, 2.45) is 22.7 Å². The maximum absolute atomic E-state index is 12.4. The number of esters is 1. The van der Waals surface area contributed by atoms with E-state index in [9.17, 15) is 15.0 Å². The number of amidine groups is 1. The Bertz CT molecular complexity index is 1750. The highest BCUT2D eigenvalue weighted by Crippen LogP contribution is 2.49. The Morgan fingerprint density at radius 2 is 1.89 bits per heavy atom. The fourth-order valence-corrected chi connectivity index (χ4v) is 8.22. The average molecular weight is 636 g/mol. The molecule has 1 aliphatic carbocycles. The predicted molar refractivity (Wildman–Crippen MR) is 185 cm³/mol. The molecule has 246 valence electrons. The summed E-state index contributed by atoms with van der Waals surface area (Å²) in [6.45, 7) is 6.57. The number of nitrogens with one attached hydrogen (secondary N) is 2. The van der Waals surface area contributed by atoms with Crippen LogP contribution in [0.15, 0.2) is 77.8 Å². The van der Waals surface area contributed by atoms with Crippen LogP contribution in [0.2, 0.25) is 0 Å². The summed E-state index contributed by atoms with van der Waals surface area (Å²) >= 11 is 0. The number of methoxy groups -OCH3 is 1. The number of aliphatic imine (C=N–C) groups is 1. The van der Waals surface area contributed by atoms with E-state index in [2.05, 4.69) is 80.5 Å². The molecule has 9 nitrogen and oxygen atoms in total. The van der Waals surface area contributed by atoms with Crippen molar-refractivity contribution in [1.29, 1.82) is 0 Å². The van der Waals surface area contributed by atoms with Gasteiger partial charge < -0.3 is 30.2 Å². The number of hydrogen-bond donors (Lipinski definition) is 4. The topological polar surface area (TPSA) is 113 Å². The zero-order chi connectivity index (χ0) is 32.5. The number of carbonyl (C=O) groups excluding carboxylic acids is 1. The molecule has 47 heavy (non-hydrogen) atoms. The number of phenolic OH excluding ortho intramolecular Hbond substituents is 1. The molecule has 3 aliphatic heterocycles. The number of ether oxygens (including phenoxy) is 1. The van der Waals surface area contributed by atoms with Gasteiger partial charge in [-0.05, 0) is 80.3 Å². The first-order valence-corrected chi connectivity index (χ1v) is 16.9. The van der Waals surface area contributed by atoms with Gasteiger partial charge in [-0.15, -0.1) is 0 Å². The van der Waals surface area contributed by atoms with Gasteiger partial charge in [0.2, 0.25) is 0 Å². The van der Waals surface area contributed by atoms with Crippen LogP contribution < -0.4 is 10.2 Å². The van der Waals surface area contributed by atoms with E-state index in [1.165, 1.54) is 34.8 Å². The number of aromatic hydroxyl groups is 1. The summed E-state index contributed by atoms with van der Waals surface area (Å²) < 4.78 is 5.04. The second kappa shape index (κ2) is 13.4. The van der Waals surface area contributed by atoms with Gasteiger partial charge in [-0.25, -0.2) is 0 Å². The van der Waals surface area contributed by atoms with E-state index in [1.807, 2.05) is 12.1 Å². The Kier molecular flexibility index (Phi) is 8.92. The van der Waals surface area contributed by atoms with Crippen molar-refractivity contribution in [2.75, 3.05) is 44.7 Å². The van der Waals surface area contributed by atoms with Crippen LogP contribution >= 0.6 is 0 Å². The van der Waals surface area contributed by atoms with Crippen LogP contribution in [0.4, 0.5) is 11.4 Å². The standard InChI is InChI=1S/C21H26N2O3.C17H19N3O/c1-26-21(25)19-15-10-17-20-14(13-4-2-3-5-16(13)22-20)8-9-23(17)11-12(15)6-7-18(19)24;1-13-5-7-14(8-6-13)20(12-17-18-9-10-19-17)15-3-2-4-16(21)11-15/h2-5,12,15,17-19,22,24H,6-11H2,1H3;2-8,11,21H,9-10,12H2,1H3,(H,18,19)/t12-,15+,17+,18+,19-;/m0./s1. The molecule has 1 aromatic heterocycles. The number of aliphatic hydroxyl groups excluding tert-OH is 1. The SMILES string of the molecule is COC(=O)[C@H]1[C@@H]2C[C@@H]3c4[nH]c5ccccc5c4CCN3C[C@@H]2CC[C@H]1O.Cc1ccc(N(CC2=NCCN2)c2cccc(O)c2)cc1. The van der Waals surface area contributed by atoms with E-state index in [-0.39, 0.29) is 23.6 Å². The second-order valence-electron chi connectivity index (χ2n) is 13.4. The van der Waals surface area contributed by atoms with Gasteiger partial charge >= 0.3 is 5.97 Å². The Morgan fingerprint density at radius 1 is 1.06 bits per heavy atom. The first-order valence-electron chi connectivity index (χ1n) is 16.9. The lowest BCUT2D eigenvalue weighted by Gasteiger charge is -2.50. The summed E-state index contributed by atoms with van der Waals surface area (Å²) in [7, 11) is 1.43. The van der Waals surface area contributed by atoms with Crippen molar-refractivity contribution in [3.05, 3.63) is 89.6 Å². The summed E-state index contributed by atoms with van der Waals surface area (Å²) in [5.74, 6) is 1.31. The van der Waals surface area contributed by atoms with Crippen LogP contribution in [0.25, 0.3) is 10.9 Å². The molecular weight excluding hydrogens is 590 g/mol. The minimum absolute atomic E-state index is 0.199. The number of carbonyl (C=O) groups is 1. The monoisotopic (exact) mass is 635 g/mol. The highest BCUT2D eigenvalue weighted by molar-refractivity contribution is 5.90. The second-order valence-corrected chi connectivity index (χ2v) is 13.4. The summed E-state index contributed by atoms with van der Waals surface area (Å²) in [6.07, 6.45) is 3.14. The summed E-state index contributed by atoms with van der Waals surface area (Å²) in [5, 5.41) is 24.9. The highest BCUT2D eigenvalue weighted by atomic mass is 16.5. The third-order valence-corrected chi connectivity index (χ3v) is 10.6. The first-order chi connectivity index (χ1) is 22.9. The molecule has 2 fully saturated rings. The zero-order valence-electron chi connectivity index (χ0n) is 27.2. The average Bonchev–Trinajstić information content (AvgIpc) is 3.75. The van der Waals surface area contributed by atoms with Gasteiger partial charge in [0.15, 0.2) is 0 Å². The van der Waals surface area contributed by atoms with E-state index >= 15 is 0 Å². The van der Waals surface area contributed by atoms with Gasteiger partial charge in [-0.1, -0.05) is 42.0 Å². The van der Waals surface area contributed by atoms with E-state index in [1.54, 1.807) is 12.1 Å². The number of aromatic amines is 1. The van der Waals surface area contributed by atoms with Gasteiger partial charge in [0.1, 0.15) is 11.6 Å². The van der Waals surface area contributed by atoms with Crippen LogP contribution in [-0.2, 0) is 16.0 Å². The maximum atomic E-state index is 12.4. The molecule has 0 amide bonds. The number of para-hydroxylation sites is 1. The number of fused-ring (bicyclic) bond motifs is 6. The molecule has 8 rings (SSSR count). The van der Waals surface area contributed by atoms with Crippen molar-refractivity contribution in [1.82, 2.24) is 15.2 Å². The number of nitrogens with zero attached hydrogens (tertiary/aromatic N) is 3. The third kappa shape index (κ3) is 6.34. The number of piperidine rings is 1. The van der Waals surface area contributed by atoms with Gasteiger partial charge in [0.05, 0.1) is 38.3 Å². The molecular formula is C38H45N5O4. The number of aryl methyl sites for hydroxylation is 1. The molecule has 4 aliphatic rings. The normalized spacial score (nSPS) is 24.9. The van der Waals surface area contributed by atoms with E-state index < -0.39 is 6.10 Å².